The first-order chi connectivity index (χ1) is 11.8. The highest BCUT2D eigenvalue weighted by molar-refractivity contribution is 5.81. The lowest BCUT2D eigenvalue weighted by atomic mass is 9.89. The lowest BCUT2D eigenvalue weighted by molar-refractivity contribution is -0.176. The zero-order valence-corrected chi connectivity index (χ0v) is 14.4. The maximum atomic E-state index is 12.3. The predicted octanol–water partition coefficient (Wildman–Crippen LogP) is 3.44. The minimum atomic E-state index is -4.33. The fourth-order valence-electron chi connectivity index (χ4n) is 2.96. The highest BCUT2D eigenvalue weighted by Crippen LogP contribution is 2.28. The van der Waals surface area contributed by atoms with Crippen molar-refractivity contribution < 1.29 is 27.4 Å². The molecule has 1 aliphatic rings. The van der Waals surface area contributed by atoms with Gasteiger partial charge in [0.1, 0.15) is 12.7 Å². The Morgan fingerprint density at radius 1 is 1.36 bits per heavy atom. The summed E-state index contributed by atoms with van der Waals surface area (Å²) in [4.78, 5) is 12.3. The van der Waals surface area contributed by atoms with E-state index in [4.69, 9.17) is 4.74 Å². The van der Waals surface area contributed by atoms with E-state index >= 15 is 0 Å². The van der Waals surface area contributed by atoms with Crippen LogP contribution in [0.5, 0.6) is 0 Å². The normalized spacial score (nSPS) is 20.9. The van der Waals surface area contributed by atoms with Crippen molar-refractivity contribution >= 4 is 5.91 Å². The average Bonchev–Trinajstić information content (AvgIpc) is 3.02. The maximum absolute atomic E-state index is 12.3. The van der Waals surface area contributed by atoms with E-state index in [1.165, 1.54) is 0 Å². The third-order valence-electron chi connectivity index (χ3n) is 4.24. The zero-order chi connectivity index (χ0) is 18.4. The molecule has 1 amide bonds. The van der Waals surface area contributed by atoms with Crippen LogP contribution in [0.4, 0.5) is 13.2 Å². The van der Waals surface area contributed by atoms with E-state index in [1.807, 2.05) is 6.07 Å². The van der Waals surface area contributed by atoms with E-state index in [9.17, 15) is 18.0 Å². The summed E-state index contributed by atoms with van der Waals surface area (Å²) in [6.07, 6.45) is -3.89. The van der Waals surface area contributed by atoms with Crippen molar-refractivity contribution in [2.24, 2.45) is 11.8 Å². The molecule has 2 atom stereocenters. The Kier molecular flexibility index (Phi) is 6.84. The van der Waals surface area contributed by atoms with Gasteiger partial charge in [-0.25, -0.2) is 0 Å². The van der Waals surface area contributed by atoms with Gasteiger partial charge in [0.15, 0.2) is 0 Å². The number of halogens is 3. The molecule has 1 aromatic rings. The van der Waals surface area contributed by atoms with Crippen LogP contribution in [-0.4, -0.2) is 31.4 Å². The van der Waals surface area contributed by atoms with Gasteiger partial charge < -0.3 is 14.8 Å². The number of benzene rings is 1. The average molecular weight is 359 g/mol. The number of rotatable bonds is 7. The number of hydrogen-bond acceptors (Lipinski definition) is 3. The van der Waals surface area contributed by atoms with Gasteiger partial charge in [0.2, 0.25) is 5.91 Å². The molecule has 140 valence electrons. The summed E-state index contributed by atoms with van der Waals surface area (Å²) in [6, 6.07) is 6.96. The summed E-state index contributed by atoms with van der Waals surface area (Å²) >= 11 is 0. The van der Waals surface area contributed by atoms with Crippen LogP contribution in [0.25, 0.3) is 0 Å². The fraction of sp³-hybridized carbons (Fsp3) is 0.611. The summed E-state index contributed by atoms with van der Waals surface area (Å²) in [5, 5.41) is 2.85. The molecule has 1 N–H and O–H groups in total. The molecule has 0 radical (unpaired) electrons. The van der Waals surface area contributed by atoms with E-state index in [2.05, 4.69) is 23.9 Å². The lowest BCUT2D eigenvalue weighted by Gasteiger charge is -2.21. The number of ether oxygens (including phenoxy) is 2. The van der Waals surface area contributed by atoms with Crippen LogP contribution in [0.1, 0.15) is 31.4 Å². The van der Waals surface area contributed by atoms with Crippen molar-refractivity contribution in [2.45, 2.75) is 45.7 Å². The molecule has 0 aromatic heterocycles. The second kappa shape index (κ2) is 8.67. The lowest BCUT2D eigenvalue weighted by Crippen LogP contribution is -2.39. The van der Waals surface area contributed by atoms with Crippen LogP contribution in [0, 0.1) is 11.8 Å². The minimum Gasteiger partial charge on any atom is -0.368 e. The molecule has 1 heterocycles. The molecule has 1 saturated heterocycles. The standard InChI is InChI=1S/C18H24F3NO3/c1-12(2)15-6-7-25-16(15)17(23)22-9-13-4-3-5-14(8-13)10-24-11-18(19,20)21/h3-5,8,12,15-16H,6-7,9-11H2,1-2H3,(H,22,23)/t15-,16-/m1/s1. The Morgan fingerprint density at radius 2 is 2.08 bits per heavy atom. The second-order valence-corrected chi connectivity index (χ2v) is 6.63. The third-order valence-corrected chi connectivity index (χ3v) is 4.24. The van der Waals surface area contributed by atoms with Gasteiger partial charge in [-0.1, -0.05) is 38.1 Å². The van der Waals surface area contributed by atoms with E-state index < -0.39 is 18.9 Å². The summed E-state index contributed by atoms with van der Waals surface area (Å²) in [6.45, 7) is 3.64. The Labute approximate surface area is 145 Å². The van der Waals surface area contributed by atoms with Crippen molar-refractivity contribution in [1.29, 1.82) is 0 Å². The molecule has 0 bridgehead atoms. The van der Waals surface area contributed by atoms with Gasteiger partial charge >= 0.3 is 6.18 Å². The molecule has 1 aromatic carbocycles. The highest BCUT2D eigenvalue weighted by Gasteiger charge is 2.35. The van der Waals surface area contributed by atoms with Crippen molar-refractivity contribution in [3.05, 3.63) is 35.4 Å². The first kappa shape index (κ1) is 19.7. The first-order valence-electron chi connectivity index (χ1n) is 8.38. The second-order valence-electron chi connectivity index (χ2n) is 6.63. The third kappa shape index (κ3) is 6.32. The van der Waals surface area contributed by atoms with Crippen LogP contribution in [0.15, 0.2) is 24.3 Å². The van der Waals surface area contributed by atoms with E-state index in [0.29, 0.717) is 24.6 Å². The zero-order valence-electron chi connectivity index (χ0n) is 14.4. The van der Waals surface area contributed by atoms with Gasteiger partial charge in [0, 0.05) is 13.2 Å². The van der Waals surface area contributed by atoms with E-state index in [1.54, 1.807) is 18.2 Å². The van der Waals surface area contributed by atoms with E-state index in [0.717, 1.165) is 12.0 Å². The molecule has 1 aliphatic heterocycles. The van der Waals surface area contributed by atoms with Gasteiger partial charge in [0.05, 0.1) is 6.61 Å². The Balaban J connectivity index is 1.84. The molecule has 25 heavy (non-hydrogen) atoms. The predicted molar refractivity (Wildman–Crippen MR) is 86.7 cm³/mol. The quantitative estimate of drug-likeness (QED) is 0.811. The number of carbonyl (C=O) groups is 1. The number of hydrogen-bond donors (Lipinski definition) is 1. The summed E-state index contributed by atoms with van der Waals surface area (Å²) < 4.78 is 46.5. The molecule has 0 unspecified atom stereocenters. The molecule has 1 fully saturated rings. The van der Waals surface area contributed by atoms with Gasteiger partial charge in [-0.3, -0.25) is 4.79 Å². The van der Waals surface area contributed by atoms with Crippen LogP contribution in [0.2, 0.25) is 0 Å². The van der Waals surface area contributed by atoms with Gasteiger partial charge in [-0.05, 0) is 29.4 Å². The van der Waals surface area contributed by atoms with E-state index in [-0.39, 0.29) is 18.4 Å². The molecule has 0 saturated carbocycles. The minimum absolute atomic E-state index is 0.123. The van der Waals surface area contributed by atoms with Gasteiger partial charge in [-0.2, -0.15) is 13.2 Å². The summed E-state index contributed by atoms with van der Waals surface area (Å²) in [5.41, 5.74) is 1.44. The highest BCUT2D eigenvalue weighted by atomic mass is 19.4. The van der Waals surface area contributed by atoms with Crippen LogP contribution >= 0.6 is 0 Å². The Morgan fingerprint density at radius 3 is 2.76 bits per heavy atom. The smallest absolute Gasteiger partial charge is 0.368 e. The monoisotopic (exact) mass is 359 g/mol. The molecule has 0 aliphatic carbocycles. The Bertz CT molecular complexity index is 575. The number of alkyl halides is 3. The van der Waals surface area contributed by atoms with Gasteiger partial charge in [-0.15, -0.1) is 0 Å². The maximum Gasteiger partial charge on any atom is 0.411 e. The number of nitrogens with one attached hydrogen (secondary N) is 1. The number of amides is 1. The van der Waals surface area contributed by atoms with Gasteiger partial charge in [0.25, 0.3) is 0 Å². The number of carbonyl (C=O) groups excluding carboxylic acids is 1. The van der Waals surface area contributed by atoms with Crippen LogP contribution in [-0.2, 0) is 27.4 Å². The van der Waals surface area contributed by atoms with Crippen LogP contribution in [0.3, 0.4) is 0 Å². The molecule has 4 nitrogen and oxygen atoms in total. The largest absolute Gasteiger partial charge is 0.411 e. The SMILES string of the molecule is CC(C)[C@H]1CCO[C@H]1C(=O)NCc1cccc(COCC(F)(F)F)c1. The molecule has 7 heteroatoms. The molecule has 0 spiro atoms. The first-order valence-corrected chi connectivity index (χ1v) is 8.38. The van der Waals surface area contributed by atoms with Crippen molar-refractivity contribution in [3.8, 4) is 0 Å². The van der Waals surface area contributed by atoms with Crippen molar-refractivity contribution in [3.63, 3.8) is 0 Å². The topological polar surface area (TPSA) is 47.6 Å². The van der Waals surface area contributed by atoms with Crippen molar-refractivity contribution in [2.75, 3.05) is 13.2 Å². The summed E-state index contributed by atoms with van der Waals surface area (Å²) in [5.74, 6) is 0.435. The molecular weight excluding hydrogens is 335 g/mol. The summed E-state index contributed by atoms with van der Waals surface area (Å²) in [7, 11) is 0. The Hall–Kier alpha value is -1.60. The van der Waals surface area contributed by atoms with Crippen molar-refractivity contribution in [1.82, 2.24) is 5.32 Å². The van der Waals surface area contributed by atoms with Crippen LogP contribution < -0.4 is 5.32 Å². The fourth-order valence-corrected chi connectivity index (χ4v) is 2.96. The molecule has 2 rings (SSSR count). The molecular formula is C18H24F3NO3.